The van der Waals surface area contributed by atoms with Gasteiger partial charge in [0, 0.05) is 6.04 Å². The van der Waals surface area contributed by atoms with Gasteiger partial charge in [-0.25, -0.2) is 13.1 Å². The minimum atomic E-state index is -3.53. The third kappa shape index (κ3) is 3.55. The predicted octanol–water partition coefficient (Wildman–Crippen LogP) is 3.82. The van der Waals surface area contributed by atoms with Crippen LogP contribution in [0.1, 0.15) is 43.9 Å². The first kappa shape index (κ1) is 17.2. The summed E-state index contributed by atoms with van der Waals surface area (Å²) in [6.45, 7) is 6.12. The average Bonchev–Trinajstić information content (AvgIpc) is 2.53. The first-order chi connectivity index (χ1) is 11.3. The Morgan fingerprint density at radius 2 is 1.58 bits per heavy atom. The van der Waals surface area contributed by atoms with Crippen LogP contribution in [0, 0.1) is 0 Å². The smallest absolute Gasteiger partial charge is 0.208 e. The zero-order valence-electron chi connectivity index (χ0n) is 14.5. The molecule has 0 amide bonds. The van der Waals surface area contributed by atoms with Crippen LogP contribution in [0.25, 0.3) is 0 Å². The van der Waals surface area contributed by atoms with Crippen molar-refractivity contribution in [2.75, 3.05) is 0 Å². The molecule has 0 bridgehead atoms. The molecule has 1 atom stereocenters. The molecular formula is C20H25NO2S. The Kier molecular flexibility index (Phi) is 4.54. The summed E-state index contributed by atoms with van der Waals surface area (Å²) in [7, 11) is -3.53. The third-order valence-electron chi connectivity index (χ3n) is 4.65. The van der Waals surface area contributed by atoms with Gasteiger partial charge in [0.05, 0.1) is 4.90 Å². The summed E-state index contributed by atoms with van der Waals surface area (Å²) < 4.78 is 28.9. The van der Waals surface area contributed by atoms with E-state index in [1.165, 1.54) is 11.1 Å². The average molecular weight is 343 g/mol. The van der Waals surface area contributed by atoms with Gasteiger partial charge in [0.15, 0.2) is 0 Å². The number of hydrogen-bond acceptors (Lipinski definition) is 2. The standard InChI is InChI=1S/C20H25NO2S/c1-20(2,3)18-10-6-7-11-19(18)24(22,23)21-17-13-12-15-8-4-5-9-16(15)14-17/h4-11,17,21H,12-14H2,1-3H3. The van der Waals surface area contributed by atoms with E-state index >= 15 is 0 Å². The molecule has 0 spiro atoms. The molecule has 24 heavy (non-hydrogen) atoms. The highest BCUT2D eigenvalue weighted by Gasteiger charge is 2.28. The highest BCUT2D eigenvalue weighted by Crippen LogP contribution is 2.29. The lowest BCUT2D eigenvalue weighted by molar-refractivity contribution is 0.503. The molecule has 3 nitrogen and oxygen atoms in total. The molecule has 0 fully saturated rings. The summed E-state index contributed by atoms with van der Waals surface area (Å²) in [5.74, 6) is 0. The third-order valence-corrected chi connectivity index (χ3v) is 6.23. The summed E-state index contributed by atoms with van der Waals surface area (Å²) in [6.07, 6.45) is 2.52. The van der Waals surface area contributed by atoms with Crippen molar-refractivity contribution in [1.29, 1.82) is 0 Å². The Hall–Kier alpha value is -1.65. The number of benzene rings is 2. The van der Waals surface area contributed by atoms with E-state index in [0.717, 1.165) is 24.8 Å². The molecule has 0 radical (unpaired) electrons. The molecule has 1 N–H and O–H groups in total. The topological polar surface area (TPSA) is 46.2 Å². The molecule has 0 aromatic heterocycles. The summed E-state index contributed by atoms with van der Waals surface area (Å²) in [4.78, 5) is 0.399. The predicted molar refractivity (Wildman–Crippen MR) is 97.7 cm³/mol. The molecule has 2 aromatic carbocycles. The van der Waals surface area contributed by atoms with Crippen molar-refractivity contribution < 1.29 is 8.42 Å². The van der Waals surface area contributed by atoms with Gasteiger partial charge in [-0.15, -0.1) is 0 Å². The van der Waals surface area contributed by atoms with Gasteiger partial charge in [-0.2, -0.15) is 0 Å². The summed E-state index contributed by atoms with van der Waals surface area (Å²) in [6, 6.07) is 15.6. The Morgan fingerprint density at radius 1 is 0.958 bits per heavy atom. The molecule has 0 saturated heterocycles. The van der Waals surface area contributed by atoms with Crippen LogP contribution >= 0.6 is 0 Å². The van der Waals surface area contributed by atoms with E-state index in [4.69, 9.17) is 0 Å². The molecule has 128 valence electrons. The number of fused-ring (bicyclic) bond motifs is 1. The second-order valence-electron chi connectivity index (χ2n) is 7.58. The molecule has 0 saturated carbocycles. The number of hydrogen-bond donors (Lipinski definition) is 1. The largest absolute Gasteiger partial charge is 0.241 e. The van der Waals surface area contributed by atoms with Gasteiger partial charge >= 0.3 is 0 Å². The minimum absolute atomic E-state index is 0.0436. The highest BCUT2D eigenvalue weighted by molar-refractivity contribution is 7.89. The Morgan fingerprint density at radius 3 is 2.29 bits per heavy atom. The van der Waals surface area contributed by atoms with Crippen LogP contribution in [-0.2, 0) is 28.3 Å². The van der Waals surface area contributed by atoms with Gasteiger partial charge < -0.3 is 0 Å². The second kappa shape index (κ2) is 6.34. The van der Waals surface area contributed by atoms with Gasteiger partial charge in [-0.1, -0.05) is 63.2 Å². The van der Waals surface area contributed by atoms with Gasteiger partial charge in [0.25, 0.3) is 0 Å². The number of rotatable bonds is 3. The molecular weight excluding hydrogens is 318 g/mol. The van der Waals surface area contributed by atoms with Crippen molar-refractivity contribution in [3.8, 4) is 0 Å². The highest BCUT2D eigenvalue weighted by atomic mass is 32.2. The quantitative estimate of drug-likeness (QED) is 0.921. The van der Waals surface area contributed by atoms with Crippen LogP contribution in [0.5, 0.6) is 0 Å². The molecule has 2 aromatic rings. The molecule has 1 aliphatic rings. The first-order valence-electron chi connectivity index (χ1n) is 8.46. The van der Waals surface area contributed by atoms with Crippen molar-refractivity contribution >= 4 is 10.0 Å². The second-order valence-corrected chi connectivity index (χ2v) is 9.26. The van der Waals surface area contributed by atoms with Gasteiger partial charge in [-0.05, 0) is 47.4 Å². The van der Waals surface area contributed by atoms with Crippen molar-refractivity contribution in [3.63, 3.8) is 0 Å². The zero-order chi connectivity index (χ0) is 17.4. The maximum atomic E-state index is 13.0. The van der Waals surface area contributed by atoms with Crippen molar-refractivity contribution in [2.45, 2.75) is 56.4 Å². The van der Waals surface area contributed by atoms with Crippen LogP contribution in [0.15, 0.2) is 53.4 Å². The number of nitrogens with one attached hydrogen (secondary N) is 1. The van der Waals surface area contributed by atoms with Crippen molar-refractivity contribution in [3.05, 3.63) is 65.2 Å². The fourth-order valence-electron chi connectivity index (χ4n) is 3.40. The normalized spacial score (nSPS) is 18.2. The van der Waals surface area contributed by atoms with E-state index < -0.39 is 10.0 Å². The van der Waals surface area contributed by atoms with Crippen LogP contribution in [0.2, 0.25) is 0 Å². The van der Waals surface area contributed by atoms with Crippen molar-refractivity contribution in [1.82, 2.24) is 4.72 Å². The summed E-state index contributed by atoms with van der Waals surface area (Å²) in [5.41, 5.74) is 3.22. The fraction of sp³-hybridized carbons (Fsp3) is 0.400. The number of aryl methyl sites for hydroxylation is 1. The molecule has 4 heteroatoms. The molecule has 0 aliphatic heterocycles. The van der Waals surface area contributed by atoms with E-state index in [0.29, 0.717) is 4.90 Å². The monoisotopic (exact) mass is 343 g/mol. The molecule has 1 aliphatic carbocycles. The maximum Gasteiger partial charge on any atom is 0.241 e. The Labute approximate surface area is 145 Å². The van der Waals surface area contributed by atoms with Gasteiger partial charge in [0.1, 0.15) is 0 Å². The van der Waals surface area contributed by atoms with Crippen LogP contribution in [0.4, 0.5) is 0 Å². The summed E-state index contributed by atoms with van der Waals surface area (Å²) in [5, 5.41) is 0. The molecule has 0 heterocycles. The van der Waals surface area contributed by atoms with Crippen LogP contribution in [-0.4, -0.2) is 14.5 Å². The van der Waals surface area contributed by atoms with Gasteiger partial charge in [0.2, 0.25) is 10.0 Å². The van der Waals surface area contributed by atoms with Crippen molar-refractivity contribution in [2.24, 2.45) is 0 Å². The number of sulfonamides is 1. The van der Waals surface area contributed by atoms with E-state index in [2.05, 4.69) is 16.9 Å². The Bertz CT molecular complexity index is 835. The minimum Gasteiger partial charge on any atom is -0.208 e. The van der Waals surface area contributed by atoms with E-state index in [1.807, 2.05) is 45.0 Å². The Balaban J connectivity index is 1.86. The molecule has 1 unspecified atom stereocenters. The first-order valence-corrected chi connectivity index (χ1v) is 9.94. The van der Waals surface area contributed by atoms with Crippen LogP contribution < -0.4 is 4.72 Å². The lowest BCUT2D eigenvalue weighted by Gasteiger charge is -2.27. The lowest BCUT2D eigenvalue weighted by atomic mass is 9.87. The zero-order valence-corrected chi connectivity index (χ0v) is 15.4. The maximum absolute atomic E-state index is 13.0. The summed E-state index contributed by atoms with van der Waals surface area (Å²) >= 11 is 0. The molecule has 3 rings (SSSR count). The van der Waals surface area contributed by atoms with E-state index in [1.54, 1.807) is 12.1 Å². The SMILES string of the molecule is CC(C)(C)c1ccccc1S(=O)(=O)NC1CCc2ccccc2C1. The van der Waals surface area contributed by atoms with E-state index in [-0.39, 0.29) is 11.5 Å². The van der Waals surface area contributed by atoms with Crippen LogP contribution in [0.3, 0.4) is 0 Å². The van der Waals surface area contributed by atoms with Gasteiger partial charge in [-0.3, -0.25) is 0 Å². The fourth-order valence-corrected chi connectivity index (χ4v) is 5.09. The van der Waals surface area contributed by atoms with E-state index in [9.17, 15) is 8.42 Å². The lowest BCUT2D eigenvalue weighted by Crippen LogP contribution is -2.39.